The van der Waals surface area contributed by atoms with Crippen LogP contribution in [0.2, 0.25) is 0 Å². The van der Waals surface area contributed by atoms with Crippen LogP contribution in [0.1, 0.15) is 32.9 Å². The SMILES string of the molecule is COc1ccc(OCc2c(C(=O)Nc3c(C)cccc3C)noc2C)cc1. The van der Waals surface area contributed by atoms with E-state index < -0.39 is 0 Å². The summed E-state index contributed by atoms with van der Waals surface area (Å²) < 4.78 is 16.1. The Balaban J connectivity index is 1.76. The summed E-state index contributed by atoms with van der Waals surface area (Å²) in [5.41, 5.74) is 3.60. The Kier molecular flexibility index (Phi) is 5.45. The monoisotopic (exact) mass is 366 g/mol. The first kappa shape index (κ1) is 18.5. The lowest BCUT2D eigenvalue weighted by Gasteiger charge is -2.11. The van der Waals surface area contributed by atoms with Crippen molar-refractivity contribution in [3.05, 3.63) is 70.6 Å². The van der Waals surface area contributed by atoms with Gasteiger partial charge in [-0.2, -0.15) is 0 Å². The molecular weight excluding hydrogens is 344 g/mol. The van der Waals surface area contributed by atoms with Crippen LogP contribution in [0.3, 0.4) is 0 Å². The topological polar surface area (TPSA) is 73.6 Å². The minimum absolute atomic E-state index is 0.178. The number of nitrogens with zero attached hydrogens (tertiary/aromatic N) is 1. The molecule has 6 heteroatoms. The van der Waals surface area contributed by atoms with E-state index in [1.54, 1.807) is 26.2 Å². The maximum atomic E-state index is 12.7. The summed E-state index contributed by atoms with van der Waals surface area (Å²) >= 11 is 0. The van der Waals surface area contributed by atoms with Crippen LogP contribution in [-0.4, -0.2) is 18.2 Å². The molecule has 0 fully saturated rings. The number of para-hydroxylation sites is 1. The average molecular weight is 366 g/mol. The van der Waals surface area contributed by atoms with E-state index in [0.717, 1.165) is 22.6 Å². The van der Waals surface area contributed by atoms with Gasteiger partial charge in [-0.1, -0.05) is 23.4 Å². The van der Waals surface area contributed by atoms with Crippen LogP contribution in [0.15, 0.2) is 47.0 Å². The van der Waals surface area contributed by atoms with E-state index in [9.17, 15) is 4.79 Å². The zero-order chi connectivity index (χ0) is 19.4. The molecule has 0 aliphatic rings. The fraction of sp³-hybridized carbons (Fsp3) is 0.238. The van der Waals surface area contributed by atoms with Gasteiger partial charge in [0.2, 0.25) is 0 Å². The standard InChI is InChI=1S/C21H22N2O4/c1-13-6-5-7-14(2)19(13)22-21(24)20-18(15(3)27-23-20)12-26-17-10-8-16(25-4)9-11-17/h5-11H,12H2,1-4H3,(H,22,24). The lowest BCUT2D eigenvalue weighted by atomic mass is 10.1. The number of carbonyl (C=O) groups excluding carboxylic acids is 1. The summed E-state index contributed by atoms with van der Waals surface area (Å²) in [4.78, 5) is 12.7. The third-order valence-electron chi connectivity index (χ3n) is 4.36. The van der Waals surface area contributed by atoms with E-state index in [-0.39, 0.29) is 18.2 Å². The molecule has 1 amide bonds. The smallest absolute Gasteiger partial charge is 0.278 e. The van der Waals surface area contributed by atoms with Crippen molar-refractivity contribution in [3.63, 3.8) is 0 Å². The number of hydrogen-bond donors (Lipinski definition) is 1. The van der Waals surface area contributed by atoms with Crippen molar-refractivity contribution in [2.75, 3.05) is 12.4 Å². The molecule has 27 heavy (non-hydrogen) atoms. The average Bonchev–Trinajstić information content (AvgIpc) is 3.04. The number of anilines is 1. The molecule has 0 atom stereocenters. The molecule has 6 nitrogen and oxygen atoms in total. The Morgan fingerprint density at radius 1 is 1.04 bits per heavy atom. The molecule has 3 rings (SSSR count). The van der Waals surface area contributed by atoms with Gasteiger partial charge in [-0.05, 0) is 56.2 Å². The second kappa shape index (κ2) is 7.95. The number of benzene rings is 2. The minimum atomic E-state index is -0.322. The molecule has 0 saturated carbocycles. The Hall–Kier alpha value is -3.28. The summed E-state index contributed by atoms with van der Waals surface area (Å²) in [6.45, 7) is 5.83. The van der Waals surface area contributed by atoms with Crippen LogP contribution in [0.5, 0.6) is 11.5 Å². The van der Waals surface area contributed by atoms with Gasteiger partial charge in [0.25, 0.3) is 5.91 Å². The first-order valence-corrected chi connectivity index (χ1v) is 8.59. The molecule has 0 unspecified atom stereocenters. The summed E-state index contributed by atoms with van der Waals surface area (Å²) in [7, 11) is 1.61. The zero-order valence-electron chi connectivity index (χ0n) is 15.8. The van der Waals surface area contributed by atoms with E-state index in [1.807, 2.05) is 44.2 Å². The number of rotatable bonds is 6. The highest BCUT2D eigenvalue weighted by Crippen LogP contribution is 2.23. The first-order valence-electron chi connectivity index (χ1n) is 8.59. The van der Waals surface area contributed by atoms with Crippen molar-refractivity contribution >= 4 is 11.6 Å². The van der Waals surface area contributed by atoms with Gasteiger partial charge in [-0.15, -0.1) is 0 Å². The number of amides is 1. The molecule has 0 radical (unpaired) electrons. The largest absolute Gasteiger partial charge is 0.497 e. The Labute approximate surface area is 158 Å². The van der Waals surface area contributed by atoms with Crippen molar-refractivity contribution in [1.82, 2.24) is 5.16 Å². The summed E-state index contributed by atoms with van der Waals surface area (Å²) in [6.07, 6.45) is 0. The first-order chi connectivity index (χ1) is 13.0. The van der Waals surface area contributed by atoms with Gasteiger partial charge in [-0.25, -0.2) is 0 Å². The van der Waals surface area contributed by atoms with Crippen molar-refractivity contribution in [3.8, 4) is 11.5 Å². The van der Waals surface area contributed by atoms with E-state index in [2.05, 4.69) is 10.5 Å². The lowest BCUT2D eigenvalue weighted by Crippen LogP contribution is -2.16. The van der Waals surface area contributed by atoms with Gasteiger partial charge in [0.15, 0.2) is 5.69 Å². The highest BCUT2D eigenvalue weighted by Gasteiger charge is 2.21. The molecule has 3 aromatic rings. The summed E-state index contributed by atoms with van der Waals surface area (Å²) in [6, 6.07) is 13.1. The van der Waals surface area contributed by atoms with Crippen LogP contribution in [0.4, 0.5) is 5.69 Å². The van der Waals surface area contributed by atoms with Crippen molar-refractivity contribution in [1.29, 1.82) is 0 Å². The molecular formula is C21H22N2O4. The molecule has 0 aliphatic carbocycles. The second-order valence-corrected chi connectivity index (χ2v) is 6.25. The second-order valence-electron chi connectivity index (χ2n) is 6.25. The van der Waals surface area contributed by atoms with Crippen LogP contribution < -0.4 is 14.8 Å². The highest BCUT2D eigenvalue weighted by molar-refractivity contribution is 6.04. The fourth-order valence-corrected chi connectivity index (χ4v) is 2.75. The number of aromatic nitrogens is 1. The fourth-order valence-electron chi connectivity index (χ4n) is 2.75. The van der Waals surface area contributed by atoms with Crippen molar-refractivity contribution < 1.29 is 18.8 Å². The van der Waals surface area contributed by atoms with Crippen molar-refractivity contribution in [2.45, 2.75) is 27.4 Å². The summed E-state index contributed by atoms with van der Waals surface area (Å²) in [5, 5.41) is 6.85. The van der Waals surface area contributed by atoms with Gasteiger partial charge in [0, 0.05) is 5.69 Å². The van der Waals surface area contributed by atoms with E-state index in [1.165, 1.54) is 0 Å². The Bertz CT molecular complexity index is 925. The van der Waals surface area contributed by atoms with Crippen molar-refractivity contribution in [2.24, 2.45) is 0 Å². The molecule has 2 aromatic carbocycles. The van der Waals surface area contributed by atoms with Gasteiger partial charge < -0.3 is 19.3 Å². The predicted molar refractivity (Wildman–Crippen MR) is 102 cm³/mol. The maximum absolute atomic E-state index is 12.7. The van der Waals surface area contributed by atoms with Gasteiger partial charge in [0.1, 0.15) is 23.9 Å². The van der Waals surface area contributed by atoms with E-state index >= 15 is 0 Å². The third-order valence-corrected chi connectivity index (χ3v) is 4.36. The molecule has 1 aromatic heterocycles. The van der Waals surface area contributed by atoms with E-state index in [4.69, 9.17) is 14.0 Å². The normalized spacial score (nSPS) is 10.5. The van der Waals surface area contributed by atoms with Crippen LogP contribution >= 0.6 is 0 Å². The van der Waals surface area contributed by atoms with Gasteiger partial charge >= 0.3 is 0 Å². The molecule has 0 spiro atoms. The minimum Gasteiger partial charge on any atom is -0.497 e. The molecule has 140 valence electrons. The summed E-state index contributed by atoms with van der Waals surface area (Å²) in [5.74, 6) is 1.64. The quantitative estimate of drug-likeness (QED) is 0.698. The molecule has 1 N–H and O–H groups in total. The van der Waals surface area contributed by atoms with Crippen LogP contribution in [0.25, 0.3) is 0 Å². The Morgan fingerprint density at radius 3 is 2.30 bits per heavy atom. The lowest BCUT2D eigenvalue weighted by molar-refractivity contribution is 0.101. The maximum Gasteiger partial charge on any atom is 0.278 e. The molecule has 0 bridgehead atoms. The Morgan fingerprint density at radius 2 is 1.67 bits per heavy atom. The predicted octanol–water partition coefficient (Wildman–Crippen LogP) is 4.44. The van der Waals surface area contributed by atoms with Crippen LogP contribution in [0, 0.1) is 20.8 Å². The van der Waals surface area contributed by atoms with E-state index in [0.29, 0.717) is 17.1 Å². The number of hydrogen-bond acceptors (Lipinski definition) is 5. The zero-order valence-corrected chi connectivity index (χ0v) is 15.8. The highest BCUT2D eigenvalue weighted by atomic mass is 16.5. The number of nitrogens with one attached hydrogen (secondary N) is 1. The number of aryl methyl sites for hydroxylation is 3. The van der Waals surface area contributed by atoms with Gasteiger partial charge in [-0.3, -0.25) is 4.79 Å². The number of carbonyl (C=O) groups is 1. The number of methoxy groups -OCH3 is 1. The molecule has 0 saturated heterocycles. The third kappa shape index (κ3) is 4.11. The number of ether oxygens (including phenoxy) is 2. The molecule has 1 heterocycles. The van der Waals surface area contributed by atoms with Gasteiger partial charge in [0.05, 0.1) is 12.7 Å². The van der Waals surface area contributed by atoms with Crippen LogP contribution in [-0.2, 0) is 6.61 Å². The molecule has 0 aliphatic heterocycles.